The summed E-state index contributed by atoms with van der Waals surface area (Å²) in [4.78, 5) is 29.4. The molecule has 33 heavy (non-hydrogen) atoms. The molecule has 1 amide bonds. The zero-order valence-corrected chi connectivity index (χ0v) is 17.8. The van der Waals surface area contributed by atoms with E-state index in [1.165, 1.54) is 36.0 Å². The second-order valence-electron chi connectivity index (χ2n) is 8.18. The number of carbonyl (C=O) groups is 1. The van der Waals surface area contributed by atoms with Crippen LogP contribution in [0.3, 0.4) is 0 Å². The summed E-state index contributed by atoms with van der Waals surface area (Å²) in [6.45, 7) is 4.78. The second-order valence-corrected chi connectivity index (χ2v) is 8.18. The van der Waals surface area contributed by atoms with E-state index < -0.39 is 17.0 Å². The number of hydrogen-bond acceptors (Lipinski definition) is 7. The van der Waals surface area contributed by atoms with Crippen LogP contribution in [0.5, 0.6) is 0 Å². The van der Waals surface area contributed by atoms with Gasteiger partial charge in [0.25, 0.3) is 0 Å². The minimum atomic E-state index is -0.984. The molecule has 5 rings (SSSR count). The molecule has 0 unspecified atom stereocenters. The van der Waals surface area contributed by atoms with Crippen LogP contribution in [0.15, 0.2) is 24.4 Å². The highest BCUT2D eigenvalue weighted by Crippen LogP contribution is 2.39. The monoisotopic (exact) mass is 446 g/mol. The summed E-state index contributed by atoms with van der Waals surface area (Å²) >= 11 is 0. The quantitative estimate of drug-likeness (QED) is 0.513. The number of nitrogens with zero attached hydrogens (tertiary/aromatic N) is 7. The molecule has 1 aliphatic rings. The number of aromatic nitrogens is 6. The average molecular weight is 446 g/mol. The molecule has 5 heterocycles. The third-order valence-electron chi connectivity index (χ3n) is 5.64. The maximum absolute atomic E-state index is 14.4. The molecule has 11 heteroatoms. The van der Waals surface area contributed by atoms with Gasteiger partial charge in [0.1, 0.15) is 29.2 Å². The molecular weight excluding hydrogens is 430 g/mol. The molecule has 0 radical (unpaired) electrons. The topological polar surface area (TPSA) is 122 Å². The van der Waals surface area contributed by atoms with Crippen LogP contribution in [0.1, 0.15) is 36.5 Å². The Morgan fingerprint density at radius 1 is 1.21 bits per heavy atom. The van der Waals surface area contributed by atoms with Crippen molar-refractivity contribution in [3.63, 3.8) is 0 Å². The number of halogens is 2. The van der Waals surface area contributed by atoms with Gasteiger partial charge in [0.15, 0.2) is 17.2 Å². The summed E-state index contributed by atoms with van der Waals surface area (Å²) in [5.41, 5.74) is 0.0985. The van der Waals surface area contributed by atoms with Crippen molar-refractivity contribution < 1.29 is 13.6 Å². The molecule has 0 bridgehead atoms. The molecule has 0 saturated carbocycles. The highest BCUT2D eigenvalue weighted by Gasteiger charge is 2.43. The summed E-state index contributed by atoms with van der Waals surface area (Å²) in [6.07, 6.45) is 1.45. The van der Waals surface area contributed by atoms with Crippen molar-refractivity contribution >= 4 is 22.8 Å². The normalized spacial score (nSPS) is 14.2. The summed E-state index contributed by atoms with van der Waals surface area (Å²) < 4.78 is 30.0. The fraction of sp³-hybridized carbons (Fsp3) is 0.227. The zero-order chi connectivity index (χ0) is 23.5. The number of anilines is 1. The number of carbonyl (C=O) groups excluding carboxylic acids is 1. The van der Waals surface area contributed by atoms with Crippen molar-refractivity contribution in [2.24, 2.45) is 0 Å². The van der Waals surface area contributed by atoms with Gasteiger partial charge in [-0.3, -0.25) is 9.78 Å². The first-order chi connectivity index (χ1) is 15.7. The Kier molecular flexibility index (Phi) is 4.42. The Bertz CT molecular complexity index is 1520. The van der Waals surface area contributed by atoms with Gasteiger partial charge in [0.2, 0.25) is 5.91 Å². The number of rotatable bonds is 3. The van der Waals surface area contributed by atoms with E-state index in [9.17, 15) is 18.8 Å². The Balaban J connectivity index is 1.74. The molecule has 9 nitrogen and oxygen atoms in total. The minimum Gasteiger partial charge on any atom is -0.310 e. The predicted octanol–water partition coefficient (Wildman–Crippen LogP) is 3.02. The van der Waals surface area contributed by atoms with Gasteiger partial charge in [0.05, 0.1) is 28.7 Å². The lowest BCUT2D eigenvalue weighted by atomic mass is 9.86. The SMILES string of the molecule is Cc1nc2c(cc1F)c(-c1nc(C#N)c3c(n1)NC(=O)C3(C)C)nn2Cc1ncccc1F. The van der Waals surface area contributed by atoms with Crippen molar-refractivity contribution in [3.8, 4) is 17.6 Å². The number of nitrogens with one attached hydrogen (secondary N) is 1. The van der Waals surface area contributed by atoms with E-state index in [2.05, 4.69) is 30.4 Å². The van der Waals surface area contributed by atoms with E-state index in [-0.39, 0.29) is 57.9 Å². The molecule has 1 aliphatic heterocycles. The highest BCUT2D eigenvalue weighted by molar-refractivity contribution is 6.05. The predicted molar refractivity (Wildman–Crippen MR) is 113 cm³/mol. The van der Waals surface area contributed by atoms with Crippen LogP contribution >= 0.6 is 0 Å². The second kappa shape index (κ2) is 7.09. The molecule has 0 spiro atoms. The van der Waals surface area contributed by atoms with Crippen molar-refractivity contribution in [1.82, 2.24) is 29.7 Å². The Morgan fingerprint density at radius 3 is 2.73 bits per heavy atom. The molecule has 0 saturated heterocycles. The largest absolute Gasteiger partial charge is 0.310 e. The van der Waals surface area contributed by atoms with E-state index in [0.29, 0.717) is 5.56 Å². The van der Waals surface area contributed by atoms with Crippen LogP contribution in [-0.2, 0) is 16.8 Å². The van der Waals surface area contributed by atoms with Gasteiger partial charge in [-0.15, -0.1) is 0 Å². The summed E-state index contributed by atoms with van der Waals surface area (Å²) in [5, 5.41) is 17.1. The van der Waals surface area contributed by atoms with Crippen LogP contribution in [-0.4, -0.2) is 35.6 Å². The number of fused-ring (bicyclic) bond motifs is 2. The lowest BCUT2D eigenvalue weighted by molar-refractivity contribution is -0.119. The Morgan fingerprint density at radius 2 is 2.00 bits per heavy atom. The molecular formula is C22H16F2N8O. The maximum atomic E-state index is 14.4. The summed E-state index contributed by atoms with van der Waals surface area (Å²) in [7, 11) is 0. The molecule has 1 N–H and O–H groups in total. The average Bonchev–Trinajstić information content (AvgIpc) is 3.23. The van der Waals surface area contributed by atoms with Crippen molar-refractivity contribution in [1.29, 1.82) is 5.26 Å². The molecule has 0 fully saturated rings. The number of hydrogen-bond donors (Lipinski definition) is 1. The highest BCUT2D eigenvalue weighted by atomic mass is 19.1. The van der Waals surface area contributed by atoms with E-state index in [1.54, 1.807) is 13.8 Å². The number of pyridine rings is 2. The van der Waals surface area contributed by atoms with E-state index in [4.69, 9.17) is 0 Å². The summed E-state index contributed by atoms with van der Waals surface area (Å²) in [6, 6.07) is 6.01. The molecule has 4 aromatic rings. The van der Waals surface area contributed by atoms with Gasteiger partial charge >= 0.3 is 0 Å². The first-order valence-electron chi connectivity index (χ1n) is 9.98. The minimum absolute atomic E-state index is 0.0114. The summed E-state index contributed by atoms with van der Waals surface area (Å²) in [5.74, 6) is -1.19. The van der Waals surface area contributed by atoms with Crippen molar-refractivity contribution in [3.05, 3.63) is 58.7 Å². The fourth-order valence-electron chi connectivity index (χ4n) is 3.82. The first kappa shape index (κ1) is 20.6. The Labute approximate surface area is 186 Å². The van der Waals surface area contributed by atoms with Gasteiger partial charge in [0, 0.05) is 11.8 Å². The zero-order valence-electron chi connectivity index (χ0n) is 17.8. The van der Waals surface area contributed by atoms with Crippen LogP contribution in [0.2, 0.25) is 0 Å². The van der Waals surface area contributed by atoms with Crippen LogP contribution in [0.25, 0.3) is 22.6 Å². The third kappa shape index (κ3) is 3.10. The van der Waals surface area contributed by atoms with E-state index >= 15 is 0 Å². The van der Waals surface area contributed by atoms with Crippen LogP contribution < -0.4 is 5.32 Å². The lowest BCUT2D eigenvalue weighted by Crippen LogP contribution is -2.27. The van der Waals surface area contributed by atoms with Crippen LogP contribution in [0.4, 0.5) is 14.6 Å². The lowest BCUT2D eigenvalue weighted by Gasteiger charge is -2.15. The van der Waals surface area contributed by atoms with Crippen molar-refractivity contribution in [2.75, 3.05) is 5.32 Å². The number of nitriles is 1. The van der Waals surface area contributed by atoms with E-state index in [1.807, 2.05) is 6.07 Å². The molecule has 164 valence electrons. The van der Waals surface area contributed by atoms with Gasteiger partial charge in [-0.1, -0.05) is 0 Å². The third-order valence-corrected chi connectivity index (χ3v) is 5.64. The van der Waals surface area contributed by atoms with Gasteiger partial charge in [-0.2, -0.15) is 10.4 Å². The fourth-order valence-corrected chi connectivity index (χ4v) is 3.82. The standard InChI is InChI=1S/C22H16F2N8O/c1-10-13(24)7-11-17(31-32(20(11)27-10)9-15-12(23)5-4-6-26-15)19-28-14(8-25)16-18(29-19)30-21(33)22(16,2)3/h4-7H,9H2,1-3H3,(H,28,29,30,33). The number of amides is 1. The van der Waals surface area contributed by atoms with Gasteiger partial charge < -0.3 is 5.32 Å². The Hall–Kier alpha value is -4.33. The van der Waals surface area contributed by atoms with Crippen LogP contribution in [0, 0.1) is 29.9 Å². The van der Waals surface area contributed by atoms with Gasteiger partial charge in [-0.25, -0.2) is 28.4 Å². The van der Waals surface area contributed by atoms with Crippen molar-refractivity contribution in [2.45, 2.75) is 32.7 Å². The first-order valence-corrected chi connectivity index (χ1v) is 9.98. The maximum Gasteiger partial charge on any atom is 0.235 e. The number of aryl methyl sites for hydroxylation is 1. The van der Waals surface area contributed by atoms with E-state index in [0.717, 1.165) is 0 Å². The molecule has 0 aliphatic carbocycles. The van der Waals surface area contributed by atoms with Gasteiger partial charge in [-0.05, 0) is 39.0 Å². The molecule has 0 atom stereocenters. The molecule has 0 aromatic carbocycles. The smallest absolute Gasteiger partial charge is 0.235 e. The molecule has 4 aromatic heterocycles.